The molecule has 1 rings (SSSR count). The fraction of sp³-hybridized carbons (Fsp3) is 0.500. The first-order valence-electron chi connectivity index (χ1n) is 6.71. The molecule has 7 heteroatoms. The van der Waals surface area contributed by atoms with E-state index in [4.69, 9.17) is 10.4 Å². The van der Waals surface area contributed by atoms with Crippen LogP contribution in [0, 0.1) is 11.3 Å². The minimum absolute atomic E-state index is 0.0786. The quantitative estimate of drug-likeness (QED) is 0.767. The molecule has 0 aromatic carbocycles. The van der Waals surface area contributed by atoms with Gasteiger partial charge in [0.25, 0.3) is 0 Å². The molecular formula is C14H19N3O3S. The number of carboxylic acids is 1. The van der Waals surface area contributed by atoms with Crippen LogP contribution in [0.1, 0.15) is 32.3 Å². The Morgan fingerprint density at radius 3 is 2.86 bits per heavy atom. The summed E-state index contributed by atoms with van der Waals surface area (Å²) in [7, 11) is 0. The summed E-state index contributed by atoms with van der Waals surface area (Å²) >= 11 is 1.30. The van der Waals surface area contributed by atoms with Gasteiger partial charge >= 0.3 is 5.97 Å². The van der Waals surface area contributed by atoms with Crippen molar-refractivity contribution in [2.75, 3.05) is 18.4 Å². The van der Waals surface area contributed by atoms with Crippen molar-refractivity contribution in [1.82, 2.24) is 4.90 Å². The molecule has 114 valence electrons. The van der Waals surface area contributed by atoms with Crippen LogP contribution < -0.4 is 5.32 Å². The second-order valence-electron chi connectivity index (χ2n) is 4.69. The standard InChI is InChI=1S/C14H19N3O3S/c1-3-10(2)17(9-13(19)20)6-4-12(18)16-14-11(8-15)5-7-21-14/h5,7,10H,3-4,6,9H2,1-2H3,(H,16,18)(H,19,20). The molecule has 1 amide bonds. The number of nitrogens with one attached hydrogen (secondary N) is 1. The summed E-state index contributed by atoms with van der Waals surface area (Å²) < 4.78 is 0. The number of thiophene rings is 1. The van der Waals surface area contributed by atoms with E-state index in [-0.39, 0.29) is 24.9 Å². The van der Waals surface area contributed by atoms with Gasteiger partial charge in [0.15, 0.2) is 0 Å². The maximum atomic E-state index is 11.9. The van der Waals surface area contributed by atoms with Gasteiger partial charge in [0, 0.05) is 19.0 Å². The van der Waals surface area contributed by atoms with Gasteiger partial charge in [-0.15, -0.1) is 11.3 Å². The summed E-state index contributed by atoms with van der Waals surface area (Å²) in [6.45, 7) is 4.21. The first kappa shape index (κ1) is 17.1. The Balaban J connectivity index is 2.53. The van der Waals surface area contributed by atoms with E-state index in [0.717, 1.165) is 6.42 Å². The number of carbonyl (C=O) groups excluding carboxylic acids is 1. The second kappa shape index (κ2) is 8.39. The van der Waals surface area contributed by atoms with Crippen LogP contribution in [0.2, 0.25) is 0 Å². The number of carbonyl (C=O) groups is 2. The van der Waals surface area contributed by atoms with E-state index in [1.165, 1.54) is 11.3 Å². The van der Waals surface area contributed by atoms with Crippen LogP contribution in [0.4, 0.5) is 5.00 Å². The summed E-state index contributed by atoms with van der Waals surface area (Å²) in [6, 6.07) is 3.76. The molecule has 1 aromatic heterocycles. The Kier molecular flexibility index (Phi) is 6.85. The van der Waals surface area contributed by atoms with E-state index in [2.05, 4.69) is 5.32 Å². The fourth-order valence-corrected chi connectivity index (χ4v) is 2.57. The highest BCUT2D eigenvalue weighted by Crippen LogP contribution is 2.22. The molecule has 6 nitrogen and oxygen atoms in total. The van der Waals surface area contributed by atoms with Crippen LogP contribution in [-0.2, 0) is 9.59 Å². The predicted octanol–water partition coefficient (Wildman–Crippen LogP) is 2.13. The molecule has 0 bridgehead atoms. The first-order valence-corrected chi connectivity index (χ1v) is 7.59. The lowest BCUT2D eigenvalue weighted by Gasteiger charge is -2.26. The molecule has 1 unspecified atom stereocenters. The van der Waals surface area contributed by atoms with Gasteiger partial charge in [0.1, 0.15) is 11.1 Å². The number of rotatable bonds is 8. The average molecular weight is 309 g/mol. The van der Waals surface area contributed by atoms with Crippen LogP contribution in [0.3, 0.4) is 0 Å². The lowest BCUT2D eigenvalue weighted by Crippen LogP contribution is -2.39. The molecule has 21 heavy (non-hydrogen) atoms. The number of aliphatic carboxylic acids is 1. The Hall–Kier alpha value is -1.91. The van der Waals surface area contributed by atoms with Crippen molar-refractivity contribution < 1.29 is 14.7 Å². The minimum atomic E-state index is -0.902. The Morgan fingerprint density at radius 2 is 2.29 bits per heavy atom. The van der Waals surface area contributed by atoms with Crippen LogP contribution in [-0.4, -0.2) is 41.0 Å². The van der Waals surface area contributed by atoms with Crippen molar-refractivity contribution in [3.05, 3.63) is 17.0 Å². The van der Waals surface area contributed by atoms with E-state index in [9.17, 15) is 9.59 Å². The van der Waals surface area contributed by atoms with Gasteiger partial charge in [0.2, 0.25) is 5.91 Å². The second-order valence-corrected chi connectivity index (χ2v) is 5.61. The largest absolute Gasteiger partial charge is 0.480 e. The van der Waals surface area contributed by atoms with E-state index in [0.29, 0.717) is 17.1 Å². The third kappa shape index (κ3) is 5.53. The van der Waals surface area contributed by atoms with Crippen LogP contribution in [0.5, 0.6) is 0 Å². The molecule has 1 atom stereocenters. The number of nitrogens with zero attached hydrogens (tertiary/aromatic N) is 2. The average Bonchev–Trinajstić information content (AvgIpc) is 2.89. The van der Waals surface area contributed by atoms with Crippen molar-refractivity contribution in [1.29, 1.82) is 5.26 Å². The number of nitriles is 1. The Morgan fingerprint density at radius 1 is 1.57 bits per heavy atom. The van der Waals surface area contributed by atoms with Gasteiger partial charge < -0.3 is 10.4 Å². The topological polar surface area (TPSA) is 93.4 Å². The molecule has 0 saturated carbocycles. The van der Waals surface area contributed by atoms with E-state index in [1.807, 2.05) is 19.9 Å². The maximum Gasteiger partial charge on any atom is 0.317 e. The fourth-order valence-electron chi connectivity index (χ4n) is 1.82. The Bertz CT molecular complexity index is 536. The van der Waals surface area contributed by atoms with Crippen molar-refractivity contribution >= 4 is 28.2 Å². The van der Waals surface area contributed by atoms with Gasteiger partial charge in [-0.05, 0) is 24.8 Å². The summed E-state index contributed by atoms with van der Waals surface area (Å²) in [5, 5.41) is 22.7. The number of anilines is 1. The van der Waals surface area contributed by atoms with Gasteiger partial charge in [-0.3, -0.25) is 14.5 Å². The third-order valence-electron chi connectivity index (χ3n) is 3.22. The van der Waals surface area contributed by atoms with E-state index < -0.39 is 5.97 Å². The Labute approximate surface area is 128 Å². The highest BCUT2D eigenvalue weighted by atomic mass is 32.1. The van der Waals surface area contributed by atoms with Crippen molar-refractivity contribution in [3.8, 4) is 6.07 Å². The van der Waals surface area contributed by atoms with Gasteiger partial charge in [-0.2, -0.15) is 5.26 Å². The van der Waals surface area contributed by atoms with Crippen LogP contribution in [0.15, 0.2) is 11.4 Å². The smallest absolute Gasteiger partial charge is 0.317 e. The van der Waals surface area contributed by atoms with Gasteiger partial charge in [-0.25, -0.2) is 0 Å². The highest BCUT2D eigenvalue weighted by molar-refractivity contribution is 7.14. The van der Waals surface area contributed by atoms with E-state index in [1.54, 1.807) is 16.3 Å². The number of carboxylic acid groups (broad SMARTS) is 1. The maximum absolute atomic E-state index is 11.9. The summed E-state index contributed by atoms with van der Waals surface area (Å²) in [5.74, 6) is -1.12. The zero-order chi connectivity index (χ0) is 15.8. The third-order valence-corrected chi connectivity index (χ3v) is 4.05. The number of hydrogen-bond donors (Lipinski definition) is 2. The summed E-state index contributed by atoms with van der Waals surface area (Å²) in [5.41, 5.74) is 0.442. The molecule has 0 saturated heterocycles. The van der Waals surface area contributed by atoms with Crippen molar-refractivity contribution in [3.63, 3.8) is 0 Å². The molecule has 0 aliphatic rings. The molecule has 0 spiro atoms. The molecule has 0 aliphatic heterocycles. The number of hydrogen-bond acceptors (Lipinski definition) is 5. The normalized spacial score (nSPS) is 11.9. The SMILES string of the molecule is CCC(C)N(CCC(=O)Nc1sccc1C#N)CC(=O)O. The molecule has 2 N–H and O–H groups in total. The molecular weight excluding hydrogens is 290 g/mol. The van der Waals surface area contributed by atoms with Gasteiger partial charge in [-0.1, -0.05) is 6.92 Å². The molecule has 0 fully saturated rings. The van der Waals surface area contributed by atoms with Crippen molar-refractivity contribution in [2.24, 2.45) is 0 Å². The lowest BCUT2D eigenvalue weighted by atomic mass is 10.2. The predicted molar refractivity (Wildman–Crippen MR) is 81.2 cm³/mol. The zero-order valence-electron chi connectivity index (χ0n) is 12.1. The van der Waals surface area contributed by atoms with Crippen molar-refractivity contribution in [2.45, 2.75) is 32.7 Å². The van der Waals surface area contributed by atoms with E-state index >= 15 is 0 Å². The number of amides is 1. The molecule has 0 aliphatic carbocycles. The summed E-state index contributed by atoms with van der Waals surface area (Å²) in [4.78, 5) is 24.5. The summed E-state index contributed by atoms with van der Waals surface area (Å²) in [6.07, 6.45) is 1.01. The zero-order valence-corrected chi connectivity index (χ0v) is 12.9. The molecule has 1 heterocycles. The van der Waals surface area contributed by atoms with Crippen LogP contribution >= 0.6 is 11.3 Å². The first-order chi connectivity index (χ1) is 9.97. The minimum Gasteiger partial charge on any atom is -0.480 e. The lowest BCUT2D eigenvalue weighted by molar-refractivity contribution is -0.139. The monoisotopic (exact) mass is 309 g/mol. The highest BCUT2D eigenvalue weighted by Gasteiger charge is 2.17. The van der Waals surface area contributed by atoms with Gasteiger partial charge in [0.05, 0.1) is 12.1 Å². The van der Waals surface area contributed by atoms with Crippen LogP contribution in [0.25, 0.3) is 0 Å². The molecule has 1 aromatic rings. The molecule has 0 radical (unpaired) electrons.